The predicted molar refractivity (Wildman–Crippen MR) is 70.5 cm³/mol. The van der Waals surface area contributed by atoms with Crippen molar-refractivity contribution in [2.45, 2.75) is 27.2 Å². The van der Waals surface area contributed by atoms with Gasteiger partial charge in [0.1, 0.15) is 0 Å². The van der Waals surface area contributed by atoms with Gasteiger partial charge in [-0.1, -0.05) is 31.2 Å². The summed E-state index contributed by atoms with van der Waals surface area (Å²) in [5.41, 5.74) is 5.14. The summed E-state index contributed by atoms with van der Waals surface area (Å²) in [7, 11) is 0. The third-order valence-corrected chi connectivity index (χ3v) is 3.10. The second kappa shape index (κ2) is 4.56. The first-order chi connectivity index (χ1) is 7.66. The number of aryl methyl sites for hydroxylation is 2. The molecule has 0 bridgehead atoms. The van der Waals surface area contributed by atoms with E-state index in [0.717, 1.165) is 6.42 Å². The third kappa shape index (κ3) is 2.35. The molecular formula is C15H19N. The summed E-state index contributed by atoms with van der Waals surface area (Å²) in [6, 6.07) is 6.53. The largest absolute Gasteiger partial charge is 0.358 e. The summed E-state index contributed by atoms with van der Waals surface area (Å²) < 4.78 is 0. The zero-order chi connectivity index (χ0) is 11.5. The number of hydrogen-bond donors (Lipinski definition) is 1. The van der Waals surface area contributed by atoms with Gasteiger partial charge in [0.2, 0.25) is 0 Å². The van der Waals surface area contributed by atoms with Crippen molar-refractivity contribution in [2.24, 2.45) is 5.92 Å². The minimum absolute atomic E-state index is 0.588. The molecular weight excluding hydrogens is 194 g/mol. The molecule has 1 aliphatic carbocycles. The quantitative estimate of drug-likeness (QED) is 0.776. The number of hydrogen-bond acceptors (Lipinski definition) is 1. The molecule has 16 heavy (non-hydrogen) atoms. The Balaban J connectivity index is 2.23. The van der Waals surface area contributed by atoms with E-state index >= 15 is 0 Å². The molecule has 0 spiro atoms. The van der Waals surface area contributed by atoms with Crippen molar-refractivity contribution < 1.29 is 0 Å². The van der Waals surface area contributed by atoms with Gasteiger partial charge in [-0.25, -0.2) is 0 Å². The second-order valence-electron chi connectivity index (χ2n) is 4.63. The molecule has 2 rings (SSSR count). The van der Waals surface area contributed by atoms with Crippen LogP contribution in [0.25, 0.3) is 0 Å². The Labute approximate surface area is 97.9 Å². The SMILES string of the molecule is Cc1ccc(C)c(NC2=CC=CCC2C)c1. The summed E-state index contributed by atoms with van der Waals surface area (Å²) in [5.74, 6) is 0.588. The van der Waals surface area contributed by atoms with Crippen LogP contribution in [0, 0.1) is 19.8 Å². The molecule has 0 amide bonds. The van der Waals surface area contributed by atoms with Gasteiger partial charge in [0.05, 0.1) is 0 Å². The first kappa shape index (κ1) is 11.0. The van der Waals surface area contributed by atoms with Crippen molar-refractivity contribution in [2.75, 3.05) is 5.32 Å². The van der Waals surface area contributed by atoms with Gasteiger partial charge >= 0.3 is 0 Å². The van der Waals surface area contributed by atoms with E-state index in [1.165, 1.54) is 22.5 Å². The minimum Gasteiger partial charge on any atom is -0.358 e. The highest BCUT2D eigenvalue weighted by atomic mass is 14.9. The zero-order valence-electron chi connectivity index (χ0n) is 10.2. The standard InChI is InChI=1S/C15H19N/c1-11-8-9-13(3)15(10-11)16-14-7-5-4-6-12(14)2/h4-5,7-10,12,16H,6H2,1-3H3. The van der Waals surface area contributed by atoms with Crippen LogP contribution in [0.15, 0.2) is 42.1 Å². The molecule has 1 N–H and O–H groups in total. The molecule has 1 aromatic rings. The van der Waals surface area contributed by atoms with Crippen LogP contribution < -0.4 is 5.32 Å². The van der Waals surface area contributed by atoms with E-state index in [1.54, 1.807) is 0 Å². The summed E-state index contributed by atoms with van der Waals surface area (Å²) >= 11 is 0. The number of benzene rings is 1. The molecule has 1 heteroatoms. The van der Waals surface area contributed by atoms with Crippen LogP contribution in [0.5, 0.6) is 0 Å². The lowest BCUT2D eigenvalue weighted by atomic mass is 9.98. The van der Waals surface area contributed by atoms with Crippen molar-refractivity contribution in [1.29, 1.82) is 0 Å². The summed E-state index contributed by atoms with van der Waals surface area (Å²) in [4.78, 5) is 0. The molecule has 0 fully saturated rings. The minimum atomic E-state index is 0.588. The molecule has 0 aliphatic heterocycles. The molecule has 1 unspecified atom stereocenters. The van der Waals surface area contributed by atoms with Gasteiger partial charge in [0, 0.05) is 11.4 Å². The van der Waals surface area contributed by atoms with Crippen LogP contribution in [0.3, 0.4) is 0 Å². The van der Waals surface area contributed by atoms with Crippen molar-refractivity contribution in [1.82, 2.24) is 0 Å². The van der Waals surface area contributed by atoms with Crippen molar-refractivity contribution in [3.05, 3.63) is 53.3 Å². The van der Waals surface area contributed by atoms with Crippen LogP contribution in [-0.2, 0) is 0 Å². The highest BCUT2D eigenvalue weighted by molar-refractivity contribution is 5.56. The molecule has 1 aliphatic rings. The number of anilines is 1. The number of rotatable bonds is 2. The van der Waals surface area contributed by atoms with E-state index < -0.39 is 0 Å². The van der Waals surface area contributed by atoms with Gasteiger partial charge in [0.15, 0.2) is 0 Å². The smallest absolute Gasteiger partial charge is 0.0414 e. The Hall–Kier alpha value is -1.50. The van der Waals surface area contributed by atoms with Gasteiger partial charge in [-0.2, -0.15) is 0 Å². The lowest BCUT2D eigenvalue weighted by molar-refractivity contribution is 0.691. The molecule has 1 aromatic carbocycles. The lowest BCUT2D eigenvalue weighted by Gasteiger charge is -2.20. The normalized spacial score (nSPS) is 19.4. The third-order valence-electron chi connectivity index (χ3n) is 3.10. The van der Waals surface area contributed by atoms with E-state index in [9.17, 15) is 0 Å². The van der Waals surface area contributed by atoms with Crippen molar-refractivity contribution in [3.63, 3.8) is 0 Å². The highest BCUT2D eigenvalue weighted by Gasteiger charge is 2.10. The summed E-state index contributed by atoms with van der Waals surface area (Å²) in [6.45, 7) is 6.53. The van der Waals surface area contributed by atoms with Crippen LogP contribution in [0.2, 0.25) is 0 Å². The fraction of sp³-hybridized carbons (Fsp3) is 0.333. The zero-order valence-corrected chi connectivity index (χ0v) is 10.2. The van der Waals surface area contributed by atoms with Crippen LogP contribution in [0.1, 0.15) is 24.5 Å². The molecule has 84 valence electrons. The van der Waals surface area contributed by atoms with E-state index in [1.807, 2.05) is 0 Å². The topological polar surface area (TPSA) is 12.0 Å². The number of nitrogens with one attached hydrogen (secondary N) is 1. The van der Waals surface area contributed by atoms with E-state index in [-0.39, 0.29) is 0 Å². The van der Waals surface area contributed by atoms with Crippen LogP contribution in [0.4, 0.5) is 5.69 Å². The van der Waals surface area contributed by atoms with Gasteiger partial charge in [-0.3, -0.25) is 0 Å². The van der Waals surface area contributed by atoms with Gasteiger partial charge in [-0.15, -0.1) is 0 Å². The van der Waals surface area contributed by atoms with E-state index in [2.05, 4.69) is 62.5 Å². The average Bonchev–Trinajstić information content (AvgIpc) is 2.27. The lowest BCUT2D eigenvalue weighted by Crippen LogP contribution is -2.11. The fourth-order valence-electron chi connectivity index (χ4n) is 1.94. The highest BCUT2D eigenvalue weighted by Crippen LogP contribution is 2.24. The predicted octanol–water partition coefficient (Wildman–Crippen LogP) is 4.20. The Bertz CT molecular complexity index is 441. The maximum Gasteiger partial charge on any atom is 0.0414 e. The van der Waals surface area contributed by atoms with Gasteiger partial charge in [0.25, 0.3) is 0 Å². The molecule has 1 atom stereocenters. The van der Waals surface area contributed by atoms with Gasteiger partial charge in [-0.05, 0) is 49.5 Å². The van der Waals surface area contributed by atoms with Crippen LogP contribution in [-0.4, -0.2) is 0 Å². The summed E-state index contributed by atoms with van der Waals surface area (Å²) in [5, 5.41) is 3.55. The number of allylic oxidation sites excluding steroid dienone is 4. The Morgan fingerprint density at radius 2 is 2.06 bits per heavy atom. The summed E-state index contributed by atoms with van der Waals surface area (Å²) in [6.07, 6.45) is 7.66. The average molecular weight is 213 g/mol. The van der Waals surface area contributed by atoms with E-state index in [0.29, 0.717) is 5.92 Å². The Morgan fingerprint density at radius 3 is 2.81 bits per heavy atom. The maximum atomic E-state index is 3.55. The van der Waals surface area contributed by atoms with Crippen molar-refractivity contribution in [3.8, 4) is 0 Å². The molecule has 0 saturated heterocycles. The molecule has 1 nitrogen and oxygen atoms in total. The monoisotopic (exact) mass is 213 g/mol. The molecule has 0 saturated carbocycles. The molecule has 0 aromatic heterocycles. The van der Waals surface area contributed by atoms with Gasteiger partial charge < -0.3 is 5.32 Å². The van der Waals surface area contributed by atoms with E-state index in [4.69, 9.17) is 0 Å². The fourth-order valence-corrected chi connectivity index (χ4v) is 1.94. The van der Waals surface area contributed by atoms with Crippen molar-refractivity contribution >= 4 is 5.69 Å². The molecule has 0 heterocycles. The maximum absolute atomic E-state index is 3.55. The first-order valence-corrected chi connectivity index (χ1v) is 5.88. The Kier molecular flexibility index (Phi) is 3.14. The van der Waals surface area contributed by atoms with Crippen LogP contribution >= 0.6 is 0 Å². The molecule has 0 radical (unpaired) electrons. The Morgan fingerprint density at radius 1 is 1.25 bits per heavy atom. The second-order valence-corrected chi connectivity index (χ2v) is 4.63. The first-order valence-electron chi connectivity index (χ1n) is 5.88.